The average Bonchev–Trinajstić information content (AvgIpc) is 2.68. The molecule has 0 unspecified atom stereocenters. The minimum atomic E-state index is -0.262. The molecule has 2 aliphatic rings. The number of ether oxygens (including phenoxy) is 3. The van der Waals surface area contributed by atoms with Gasteiger partial charge < -0.3 is 24.4 Å². The number of carbonyl (C=O) groups excluding carboxylic acids is 2. The number of nitrogens with zero attached hydrogens (tertiary/aromatic N) is 1. The van der Waals surface area contributed by atoms with Crippen molar-refractivity contribution in [1.82, 2.24) is 10.2 Å². The molecule has 1 N–H and O–H groups in total. The molecule has 0 radical (unpaired) electrons. The molecule has 0 saturated carbocycles. The van der Waals surface area contributed by atoms with Gasteiger partial charge in [0.1, 0.15) is 13.2 Å². The van der Waals surface area contributed by atoms with Gasteiger partial charge in [0.25, 0.3) is 0 Å². The van der Waals surface area contributed by atoms with Crippen LogP contribution >= 0.6 is 0 Å². The second-order valence-corrected chi connectivity index (χ2v) is 6.86. The molecule has 0 atom stereocenters. The lowest BCUT2D eigenvalue weighted by molar-refractivity contribution is -0.122. The molecule has 3 rings (SSSR count). The third-order valence-corrected chi connectivity index (χ3v) is 4.86. The topological polar surface area (TPSA) is 77.1 Å². The van der Waals surface area contributed by atoms with Crippen LogP contribution in [0.15, 0.2) is 18.2 Å². The molecule has 0 bridgehead atoms. The van der Waals surface area contributed by atoms with E-state index in [1.54, 1.807) is 11.8 Å². The molecular weight excluding hydrogens is 348 g/mol. The molecule has 2 amide bonds. The van der Waals surface area contributed by atoms with Crippen LogP contribution in [-0.4, -0.2) is 55.9 Å². The summed E-state index contributed by atoms with van der Waals surface area (Å²) in [6, 6.07) is 6.09. The Kier molecular flexibility index (Phi) is 6.79. The molecule has 2 aliphatic heterocycles. The van der Waals surface area contributed by atoms with E-state index < -0.39 is 0 Å². The van der Waals surface area contributed by atoms with Gasteiger partial charge >= 0.3 is 6.09 Å². The maximum Gasteiger partial charge on any atom is 0.409 e. The molecule has 7 nitrogen and oxygen atoms in total. The number of carbonyl (C=O) groups is 2. The average molecular weight is 376 g/mol. The molecule has 1 fully saturated rings. The van der Waals surface area contributed by atoms with Crippen molar-refractivity contribution in [2.45, 2.75) is 45.1 Å². The fourth-order valence-electron chi connectivity index (χ4n) is 3.42. The molecule has 0 aliphatic carbocycles. The number of fused-ring (bicyclic) bond motifs is 1. The Morgan fingerprint density at radius 3 is 2.67 bits per heavy atom. The molecule has 1 aromatic rings. The van der Waals surface area contributed by atoms with Crippen LogP contribution < -0.4 is 14.8 Å². The summed E-state index contributed by atoms with van der Waals surface area (Å²) in [6.45, 7) is 4.61. The first kappa shape index (κ1) is 19.3. The van der Waals surface area contributed by atoms with E-state index in [4.69, 9.17) is 14.2 Å². The maximum atomic E-state index is 12.2. The quantitative estimate of drug-likeness (QED) is 0.826. The van der Waals surface area contributed by atoms with Gasteiger partial charge in [-0.3, -0.25) is 4.79 Å². The summed E-state index contributed by atoms with van der Waals surface area (Å²) < 4.78 is 16.1. The zero-order valence-corrected chi connectivity index (χ0v) is 15.9. The van der Waals surface area contributed by atoms with Crippen LogP contribution in [0.25, 0.3) is 0 Å². The van der Waals surface area contributed by atoms with Gasteiger partial charge in [-0.15, -0.1) is 0 Å². The van der Waals surface area contributed by atoms with Crippen LogP contribution in [0.2, 0.25) is 0 Å². The minimum absolute atomic E-state index is 0.0714. The highest BCUT2D eigenvalue weighted by Gasteiger charge is 2.24. The van der Waals surface area contributed by atoms with E-state index in [2.05, 4.69) is 5.32 Å². The first-order chi connectivity index (χ1) is 13.2. The van der Waals surface area contributed by atoms with Crippen molar-refractivity contribution >= 4 is 12.0 Å². The van der Waals surface area contributed by atoms with Crippen LogP contribution in [0.4, 0.5) is 4.79 Å². The van der Waals surface area contributed by atoms with Crippen molar-refractivity contribution in [3.05, 3.63) is 23.8 Å². The standard InChI is InChI=1S/C20H28N2O5/c1-2-25-20(24)22-10-8-16(9-11-22)21-19(23)5-3-4-15-6-7-17-18(14-15)27-13-12-26-17/h6-7,14,16H,2-5,8-13H2,1H3,(H,21,23). The summed E-state index contributed by atoms with van der Waals surface area (Å²) in [4.78, 5) is 25.6. The van der Waals surface area contributed by atoms with Crippen molar-refractivity contribution in [2.24, 2.45) is 0 Å². The highest BCUT2D eigenvalue weighted by Crippen LogP contribution is 2.31. The molecule has 0 spiro atoms. The lowest BCUT2D eigenvalue weighted by Crippen LogP contribution is -2.46. The van der Waals surface area contributed by atoms with Crippen LogP contribution in [-0.2, 0) is 16.0 Å². The Balaban J connectivity index is 1.35. The first-order valence-electron chi connectivity index (χ1n) is 9.75. The van der Waals surface area contributed by atoms with E-state index >= 15 is 0 Å². The molecular formula is C20H28N2O5. The third kappa shape index (κ3) is 5.52. The van der Waals surface area contributed by atoms with Crippen molar-refractivity contribution in [1.29, 1.82) is 0 Å². The summed E-state index contributed by atoms with van der Waals surface area (Å²) in [5.41, 5.74) is 1.15. The van der Waals surface area contributed by atoms with Crippen molar-refractivity contribution < 1.29 is 23.8 Å². The van der Waals surface area contributed by atoms with E-state index in [0.29, 0.717) is 39.3 Å². The summed E-state index contributed by atoms with van der Waals surface area (Å²) in [5.74, 6) is 1.65. The normalized spacial score (nSPS) is 16.7. The van der Waals surface area contributed by atoms with Crippen molar-refractivity contribution in [3.63, 3.8) is 0 Å². The third-order valence-electron chi connectivity index (χ3n) is 4.86. The Hall–Kier alpha value is -2.44. The van der Waals surface area contributed by atoms with Crippen molar-refractivity contribution in [2.75, 3.05) is 32.9 Å². The molecule has 1 aromatic carbocycles. The van der Waals surface area contributed by atoms with Gasteiger partial charge in [0.15, 0.2) is 11.5 Å². The number of nitrogens with one attached hydrogen (secondary N) is 1. The van der Waals surface area contributed by atoms with Gasteiger partial charge in [-0.1, -0.05) is 6.07 Å². The van der Waals surface area contributed by atoms with Crippen LogP contribution in [0, 0.1) is 0 Å². The van der Waals surface area contributed by atoms with E-state index in [9.17, 15) is 9.59 Å². The van der Waals surface area contributed by atoms with Crippen molar-refractivity contribution in [3.8, 4) is 11.5 Å². The fourth-order valence-corrected chi connectivity index (χ4v) is 3.42. The monoisotopic (exact) mass is 376 g/mol. The molecule has 27 heavy (non-hydrogen) atoms. The van der Waals surface area contributed by atoms with Gasteiger partial charge in [-0.2, -0.15) is 0 Å². The number of rotatable bonds is 6. The summed E-state index contributed by atoms with van der Waals surface area (Å²) in [5, 5.41) is 3.08. The summed E-state index contributed by atoms with van der Waals surface area (Å²) in [6.07, 6.45) is 3.38. The number of benzene rings is 1. The number of hydrogen-bond donors (Lipinski definition) is 1. The molecule has 7 heteroatoms. The Labute approximate surface area is 160 Å². The molecule has 0 aromatic heterocycles. The zero-order chi connectivity index (χ0) is 19.1. The number of piperidine rings is 1. The Morgan fingerprint density at radius 2 is 1.93 bits per heavy atom. The van der Waals surface area contributed by atoms with Crippen LogP contribution in [0.5, 0.6) is 11.5 Å². The number of hydrogen-bond acceptors (Lipinski definition) is 5. The predicted octanol–water partition coefficient (Wildman–Crippen LogP) is 2.52. The van der Waals surface area contributed by atoms with Gasteiger partial charge in [0, 0.05) is 25.6 Å². The fraction of sp³-hybridized carbons (Fsp3) is 0.600. The van der Waals surface area contributed by atoms with E-state index in [1.165, 1.54) is 0 Å². The second-order valence-electron chi connectivity index (χ2n) is 6.86. The number of aryl methyl sites for hydroxylation is 1. The zero-order valence-electron chi connectivity index (χ0n) is 15.9. The van der Waals surface area contributed by atoms with Gasteiger partial charge in [0.2, 0.25) is 5.91 Å². The Bertz CT molecular complexity index is 656. The lowest BCUT2D eigenvalue weighted by Gasteiger charge is -2.31. The Morgan fingerprint density at radius 1 is 1.19 bits per heavy atom. The summed E-state index contributed by atoms with van der Waals surface area (Å²) in [7, 11) is 0. The molecule has 1 saturated heterocycles. The van der Waals surface area contributed by atoms with Crippen LogP contribution in [0.1, 0.15) is 38.2 Å². The maximum absolute atomic E-state index is 12.2. The summed E-state index contributed by atoms with van der Waals surface area (Å²) >= 11 is 0. The smallest absolute Gasteiger partial charge is 0.409 e. The van der Waals surface area contributed by atoms with E-state index in [-0.39, 0.29) is 18.0 Å². The number of likely N-dealkylation sites (tertiary alicyclic amines) is 1. The molecule has 148 valence electrons. The number of amides is 2. The van der Waals surface area contributed by atoms with Gasteiger partial charge in [-0.05, 0) is 50.3 Å². The van der Waals surface area contributed by atoms with Crippen LogP contribution in [0.3, 0.4) is 0 Å². The van der Waals surface area contributed by atoms with E-state index in [1.807, 2.05) is 18.2 Å². The first-order valence-corrected chi connectivity index (χ1v) is 9.75. The van der Waals surface area contributed by atoms with Gasteiger partial charge in [-0.25, -0.2) is 4.79 Å². The minimum Gasteiger partial charge on any atom is -0.486 e. The second kappa shape index (κ2) is 9.48. The highest BCUT2D eigenvalue weighted by atomic mass is 16.6. The largest absolute Gasteiger partial charge is 0.486 e. The molecule has 2 heterocycles. The SMILES string of the molecule is CCOC(=O)N1CCC(NC(=O)CCCc2ccc3c(c2)OCCO3)CC1. The predicted molar refractivity (Wildman–Crippen MR) is 100 cm³/mol. The highest BCUT2D eigenvalue weighted by molar-refractivity contribution is 5.76. The lowest BCUT2D eigenvalue weighted by atomic mass is 10.0. The van der Waals surface area contributed by atoms with E-state index in [0.717, 1.165) is 42.7 Å². The van der Waals surface area contributed by atoms with Gasteiger partial charge in [0.05, 0.1) is 6.61 Å².